The number of ether oxygens (including phenoxy) is 1. The van der Waals surface area contributed by atoms with Gasteiger partial charge in [-0.1, -0.05) is 0 Å². The zero-order valence-electron chi connectivity index (χ0n) is 9.16. The Labute approximate surface area is 93.0 Å². The molecule has 4 nitrogen and oxygen atoms in total. The molecular weight excluding hydrogens is 213 g/mol. The van der Waals surface area contributed by atoms with E-state index in [1.807, 2.05) is 0 Å². The predicted octanol–water partition coefficient (Wildman–Crippen LogP) is 1.00. The van der Waals surface area contributed by atoms with Crippen molar-refractivity contribution in [2.24, 2.45) is 0 Å². The first kappa shape index (κ1) is 12.4. The lowest BCUT2D eigenvalue weighted by Crippen LogP contribution is -2.25. The number of hydrogen-bond acceptors (Lipinski definition) is 3. The minimum absolute atomic E-state index is 0.179. The molecule has 0 radical (unpaired) electrons. The number of likely N-dealkylation sites (N-methyl/N-ethyl adjacent to an activating group) is 1. The van der Waals surface area contributed by atoms with Crippen LogP contribution in [0.25, 0.3) is 0 Å². The molecule has 0 spiro atoms. The smallest absolute Gasteiger partial charge is 0.257 e. The van der Waals surface area contributed by atoms with E-state index in [1.54, 1.807) is 6.92 Å². The summed E-state index contributed by atoms with van der Waals surface area (Å²) < 4.78 is 18.1. The summed E-state index contributed by atoms with van der Waals surface area (Å²) in [6, 6.07) is 3.80. The van der Waals surface area contributed by atoms with Crippen LogP contribution in [0.1, 0.15) is 18.6 Å². The summed E-state index contributed by atoms with van der Waals surface area (Å²) in [6.45, 7) is 1.33. The second-order valence-electron chi connectivity index (χ2n) is 3.32. The van der Waals surface area contributed by atoms with Gasteiger partial charge in [0.15, 0.2) is 6.61 Å². The van der Waals surface area contributed by atoms with Gasteiger partial charge in [0.2, 0.25) is 0 Å². The first-order chi connectivity index (χ1) is 7.54. The van der Waals surface area contributed by atoms with Crippen LogP contribution in [0.2, 0.25) is 0 Å². The van der Waals surface area contributed by atoms with Gasteiger partial charge in [-0.25, -0.2) is 4.39 Å². The van der Waals surface area contributed by atoms with Gasteiger partial charge in [0.25, 0.3) is 5.91 Å². The van der Waals surface area contributed by atoms with Gasteiger partial charge in [0, 0.05) is 18.7 Å². The molecule has 0 aliphatic heterocycles. The lowest BCUT2D eigenvalue weighted by Gasteiger charge is -2.12. The van der Waals surface area contributed by atoms with Crippen LogP contribution in [-0.4, -0.2) is 24.7 Å². The monoisotopic (exact) mass is 227 g/mol. The molecule has 0 aliphatic rings. The van der Waals surface area contributed by atoms with E-state index >= 15 is 0 Å². The van der Waals surface area contributed by atoms with Crippen LogP contribution in [-0.2, 0) is 4.79 Å². The van der Waals surface area contributed by atoms with Gasteiger partial charge in [-0.05, 0) is 19.1 Å². The number of aliphatic hydroxyl groups excluding tert-OH is 1. The third kappa shape index (κ3) is 3.20. The summed E-state index contributed by atoms with van der Waals surface area (Å²) in [5.41, 5.74) is 0.449. The van der Waals surface area contributed by atoms with E-state index in [0.29, 0.717) is 5.56 Å². The van der Waals surface area contributed by atoms with Crippen molar-refractivity contribution in [1.29, 1.82) is 0 Å². The minimum atomic E-state index is -0.778. The van der Waals surface area contributed by atoms with Gasteiger partial charge < -0.3 is 15.2 Å². The van der Waals surface area contributed by atoms with Crippen molar-refractivity contribution in [2.75, 3.05) is 13.7 Å². The van der Waals surface area contributed by atoms with Crippen LogP contribution in [0.4, 0.5) is 4.39 Å². The normalized spacial score (nSPS) is 12.0. The molecule has 2 N–H and O–H groups in total. The van der Waals surface area contributed by atoms with Crippen LogP contribution in [0, 0.1) is 5.82 Å². The minimum Gasteiger partial charge on any atom is -0.483 e. The Kier molecular flexibility index (Phi) is 4.25. The van der Waals surface area contributed by atoms with Gasteiger partial charge in [-0.3, -0.25) is 4.79 Å². The Hall–Kier alpha value is -1.62. The van der Waals surface area contributed by atoms with E-state index < -0.39 is 11.9 Å². The number of benzene rings is 1. The van der Waals surface area contributed by atoms with Gasteiger partial charge in [-0.2, -0.15) is 0 Å². The highest BCUT2D eigenvalue weighted by Crippen LogP contribution is 2.25. The Bertz CT molecular complexity index is 379. The summed E-state index contributed by atoms with van der Waals surface area (Å²) in [4.78, 5) is 11.0. The van der Waals surface area contributed by atoms with Crippen molar-refractivity contribution in [2.45, 2.75) is 13.0 Å². The third-order valence-electron chi connectivity index (χ3n) is 2.06. The highest BCUT2D eigenvalue weighted by Gasteiger charge is 2.11. The molecule has 1 atom stereocenters. The molecular formula is C11H14FNO3. The SMILES string of the molecule is CNC(=O)COc1cc(F)ccc1[C@@H](C)O. The lowest BCUT2D eigenvalue weighted by atomic mass is 10.1. The second kappa shape index (κ2) is 5.46. The van der Waals surface area contributed by atoms with Gasteiger partial charge >= 0.3 is 0 Å². The molecule has 1 amide bonds. The fourth-order valence-electron chi connectivity index (χ4n) is 1.19. The molecule has 0 fully saturated rings. The molecule has 1 aromatic carbocycles. The number of rotatable bonds is 4. The van der Waals surface area contributed by atoms with Crippen molar-refractivity contribution >= 4 is 5.91 Å². The number of carbonyl (C=O) groups is 1. The highest BCUT2D eigenvalue weighted by molar-refractivity contribution is 5.77. The molecule has 0 bridgehead atoms. The molecule has 0 heterocycles. The summed E-state index contributed by atoms with van der Waals surface area (Å²) in [5.74, 6) is -0.615. The summed E-state index contributed by atoms with van der Waals surface area (Å²) >= 11 is 0. The molecule has 5 heteroatoms. The topological polar surface area (TPSA) is 58.6 Å². The fourth-order valence-corrected chi connectivity index (χ4v) is 1.19. The molecule has 1 aromatic rings. The van der Waals surface area contributed by atoms with E-state index in [2.05, 4.69) is 5.32 Å². The standard InChI is InChI=1S/C11H14FNO3/c1-7(14)9-4-3-8(12)5-10(9)16-6-11(15)13-2/h3-5,7,14H,6H2,1-2H3,(H,13,15)/t7-/m1/s1. The Balaban J connectivity index is 2.84. The Morgan fingerprint density at radius 3 is 2.88 bits per heavy atom. The third-order valence-corrected chi connectivity index (χ3v) is 2.06. The van der Waals surface area contributed by atoms with Gasteiger partial charge in [0.1, 0.15) is 11.6 Å². The molecule has 1 rings (SSSR count). The van der Waals surface area contributed by atoms with E-state index in [4.69, 9.17) is 4.74 Å². The fraction of sp³-hybridized carbons (Fsp3) is 0.364. The van der Waals surface area contributed by atoms with Crippen LogP contribution >= 0.6 is 0 Å². The van der Waals surface area contributed by atoms with Crippen molar-refractivity contribution < 1.29 is 19.0 Å². The number of halogens is 1. The Morgan fingerprint density at radius 1 is 1.62 bits per heavy atom. The quantitative estimate of drug-likeness (QED) is 0.806. The van der Waals surface area contributed by atoms with Crippen molar-refractivity contribution in [1.82, 2.24) is 5.32 Å². The first-order valence-electron chi connectivity index (χ1n) is 4.85. The largest absolute Gasteiger partial charge is 0.483 e. The second-order valence-corrected chi connectivity index (χ2v) is 3.32. The first-order valence-corrected chi connectivity index (χ1v) is 4.85. The average molecular weight is 227 g/mol. The van der Waals surface area contributed by atoms with E-state index in [-0.39, 0.29) is 18.3 Å². The molecule has 0 unspecified atom stereocenters. The maximum atomic E-state index is 13.0. The maximum absolute atomic E-state index is 13.0. The van der Waals surface area contributed by atoms with Crippen LogP contribution in [0.3, 0.4) is 0 Å². The number of hydrogen-bond donors (Lipinski definition) is 2. The Morgan fingerprint density at radius 2 is 2.31 bits per heavy atom. The molecule has 16 heavy (non-hydrogen) atoms. The maximum Gasteiger partial charge on any atom is 0.257 e. The van der Waals surface area contributed by atoms with E-state index in [1.165, 1.54) is 19.2 Å². The number of nitrogens with one attached hydrogen (secondary N) is 1. The average Bonchev–Trinajstić information content (AvgIpc) is 2.25. The highest BCUT2D eigenvalue weighted by atomic mass is 19.1. The number of carbonyl (C=O) groups excluding carboxylic acids is 1. The van der Waals surface area contributed by atoms with Crippen LogP contribution in [0.5, 0.6) is 5.75 Å². The van der Waals surface area contributed by atoms with Gasteiger partial charge in [0.05, 0.1) is 6.10 Å². The molecule has 88 valence electrons. The number of amides is 1. The molecule has 0 aromatic heterocycles. The zero-order chi connectivity index (χ0) is 12.1. The molecule has 0 saturated heterocycles. The lowest BCUT2D eigenvalue weighted by molar-refractivity contribution is -0.122. The summed E-state index contributed by atoms with van der Waals surface area (Å²) in [5, 5.41) is 11.8. The summed E-state index contributed by atoms with van der Waals surface area (Å²) in [6.07, 6.45) is -0.778. The van der Waals surface area contributed by atoms with Crippen molar-refractivity contribution in [3.05, 3.63) is 29.6 Å². The predicted molar refractivity (Wildman–Crippen MR) is 56.6 cm³/mol. The van der Waals surface area contributed by atoms with E-state index in [9.17, 15) is 14.3 Å². The van der Waals surface area contributed by atoms with Crippen LogP contribution in [0.15, 0.2) is 18.2 Å². The van der Waals surface area contributed by atoms with E-state index in [0.717, 1.165) is 6.07 Å². The van der Waals surface area contributed by atoms with Crippen molar-refractivity contribution in [3.8, 4) is 5.75 Å². The number of aliphatic hydroxyl groups is 1. The van der Waals surface area contributed by atoms with Crippen molar-refractivity contribution in [3.63, 3.8) is 0 Å². The van der Waals surface area contributed by atoms with Crippen LogP contribution < -0.4 is 10.1 Å². The molecule has 0 saturated carbocycles. The van der Waals surface area contributed by atoms with Gasteiger partial charge in [-0.15, -0.1) is 0 Å². The zero-order valence-corrected chi connectivity index (χ0v) is 9.16. The summed E-state index contributed by atoms with van der Waals surface area (Å²) in [7, 11) is 1.48. The molecule has 0 aliphatic carbocycles.